The van der Waals surface area contributed by atoms with Gasteiger partial charge in [-0.25, -0.2) is 13.1 Å². The first-order chi connectivity index (χ1) is 9.39. The van der Waals surface area contributed by atoms with Crippen molar-refractivity contribution in [1.29, 1.82) is 0 Å². The first-order valence-corrected chi connectivity index (χ1v) is 8.82. The summed E-state index contributed by atoms with van der Waals surface area (Å²) in [5, 5.41) is 3.91. The lowest BCUT2D eigenvalue weighted by Crippen LogP contribution is -2.45. The second-order valence-electron chi connectivity index (χ2n) is 5.28. The van der Waals surface area contributed by atoms with Gasteiger partial charge in [-0.15, -0.1) is 0 Å². The zero-order valence-corrected chi connectivity index (χ0v) is 13.0. The molecule has 1 aliphatic heterocycles. The fourth-order valence-corrected chi connectivity index (χ4v) is 3.29. The van der Waals surface area contributed by atoms with Crippen LogP contribution in [-0.2, 0) is 16.4 Å². The van der Waals surface area contributed by atoms with E-state index in [0.29, 0.717) is 5.89 Å². The van der Waals surface area contributed by atoms with Crippen molar-refractivity contribution >= 4 is 10.0 Å². The van der Waals surface area contributed by atoms with Gasteiger partial charge in [0.05, 0.1) is 12.3 Å². The molecule has 0 aromatic carbocycles. The Balaban J connectivity index is 1.90. The molecular formula is C12H22N4O3S. The van der Waals surface area contributed by atoms with E-state index >= 15 is 0 Å². The van der Waals surface area contributed by atoms with E-state index < -0.39 is 10.0 Å². The Kier molecular flexibility index (Phi) is 4.77. The lowest BCUT2D eigenvalue weighted by molar-refractivity contribution is 0.134. The van der Waals surface area contributed by atoms with Crippen molar-refractivity contribution < 1.29 is 12.9 Å². The van der Waals surface area contributed by atoms with Crippen LogP contribution < -0.4 is 4.72 Å². The molecule has 7 nitrogen and oxygen atoms in total. The monoisotopic (exact) mass is 302 g/mol. The van der Waals surface area contributed by atoms with Crippen LogP contribution >= 0.6 is 0 Å². The summed E-state index contributed by atoms with van der Waals surface area (Å²) in [6.45, 7) is 5.66. The van der Waals surface area contributed by atoms with Gasteiger partial charge in [-0.3, -0.25) is 4.90 Å². The number of rotatable bonds is 5. The molecule has 1 fully saturated rings. The standard InChI is InChI=1S/C12H22N4O3S/c1-4-11-13-12(19-14-11)9(2)16-7-5-10(6-8-16)15-20(3,17)18/h9-10,15H,4-8H2,1-3H3/t9-/m1/s1. The highest BCUT2D eigenvalue weighted by molar-refractivity contribution is 7.88. The van der Waals surface area contributed by atoms with E-state index in [9.17, 15) is 8.42 Å². The zero-order chi connectivity index (χ0) is 14.8. The summed E-state index contributed by atoms with van der Waals surface area (Å²) >= 11 is 0. The highest BCUT2D eigenvalue weighted by atomic mass is 32.2. The molecule has 0 aliphatic carbocycles. The molecule has 1 aromatic heterocycles. The second-order valence-corrected chi connectivity index (χ2v) is 7.06. The van der Waals surface area contributed by atoms with Crippen molar-refractivity contribution in [3.63, 3.8) is 0 Å². The number of aromatic nitrogens is 2. The van der Waals surface area contributed by atoms with Gasteiger partial charge in [0.25, 0.3) is 0 Å². The van der Waals surface area contributed by atoms with Crippen molar-refractivity contribution in [1.82, 2.24) is 19.8 Å². The lowest BCUT2D eigenvalue weighted by Gasteiger charge is -2.34. The van der Waals surface area contributed by atoms with Crippen LogP contribution in [0.4, 0.5) is 0 Å². The highest BCUT2D eigenvalue weighted by Gasteiger charge is 2.27. The molecule has 1 atom stereocenters. The molecule has 8 heteroatoms. The second kappa shape index (κ2) is 6.19. The van der Waals surface area contributed by atoms with Gasteiger partial charge in [-0.05, 0) is 19.8 Å². The number of hydrogen-bond donors (Lipinski definition) is 1. The Morgan fingerprint density at radius 3 is 2.60 bits per heavy atom. The predicted octanol–water partition coefficient (Wildman–Crippen LogP) is 0.707. The maximum atomic E-state index is 11.2. The third-order valence-corrected chi connectivity index (χ3v) is 4.38. The molecule has 1 saturated heterocycles. The van der Waals surface area contributed by atoms with Gasteiger partial charge in [-0.2, -0.15) is 4.98 Å². The zero-order valence-electron chi connectivity index (χ0n) is 12.2. The minimum Gasteiger partial charge on any atom is -0.338 e. The molecule has 2 heterocycles. The van der Waals surface area contributed by atoms with Crippen molar-refractivity contribution in [3.05, 3.63) is 11.7 Å². The molecule has 0 unspecified atom stereocenters. The van der Waals surface area contributed by atoms with Crippen LogP contribution in [-0.4, -0.2) is 48.8 Å². The van der Waals surface area contributed by atoms with E-state index in [-0.39, 0.29) is 12.1 Å². The van der Waals surface area contributed by atoms with Crippen LogP contribution in [0.1, 0.15) is 44.4 Å². The normalized spacial score (nSPS) is 20.1. The van der Waals surface area contributed by atoms with E-state index in [1.807, 2.05) is 13.8 Å². The molecular weight excluding hydrogens is 280 g/mol. The average molecular weight is 302 g/mol. The van der Waals surface area contributed by atoms with Crippen LogP contribution in [0, 0.1) is 0 Å². The van der Waals surface area contributed by atoms with Crippen LogP contribution in [0.3, 0.4) is 0 Å². The van der Waals surface area contributed by atoms with E-state index in [0.717, 1.165) is 38.2 Å². The molecule has 20 heavy (non-hydrogen) atoms. The lowest BCUT2D eigenvalue weighted by atomic mass is 10.0. The first kappa shape index (κ1) is 15.4. The topological polar surface area (TPSA) is 88.3 Å². The summed E-state index contributed by atoms with van der Waals surface area (Å²) in [6, 6.07) is 0.101. The van der Waals surface area contributed by atoms with Crippen molar-refractivity contribution in [2.45, 2.75) is 45.2 Å². The Labute approximate surface area is 119 Å². The van der Waals surface area contributed by atoms with Crippen LogP contribution in [0.2, 0.25) is 0 Å². The molecule has 2 rings (SSSR count). The summed E-state index contributed by atoms with van der Waals surface area (Å²) in [5.74, 6) is 1.36. The van der Waals surface area contributed by atoms with Crippen LogP contribution in [0.15, 0.2) is 4.52 Å². The fourth-order valence-electron chi connectivity index (χ4n) is 2.44. The van der Waals surface area contributed by atoms with Crippen molar-refractivity contribution in [3.8, 4) is 0 Å². The number of sulfonamides is 1. The molecule has 0 bridgehead atoms. The Hall–Kier alpha value is -0.990. The minimum absolute atomic E-state index is 0.0299. The Morgan fingerprint density at radius 2 is 2.10 bits per heavy atom. The third-order valence-electron chi connectivity index (χ3n) is 3.62. The number of nitrogens with zero attached hydrogens (tertiary/aromatic N) is 3. The van der Waals surface area contributed by atoms with Gasteiger partial charge in [0.1, 0.15) is 0 Å². The largest absolute Gasteiger partial charge is 0.338 e. The number of likely N-dealkylation sites (tertiary alicyclic amines) is 1. The van der Waals surface area contributed by atoms with Crippen LogP contribution in [0.25, 0.3) is 0 Å². The third kappa shape index (κ3) is 4.00. The smallest absolute Gasteiger partial charge is 0.243 e. The molecule has 114 valence electrons. The minimum atomic E-state index is -3.12. The van der Waals surface area contributed by atoms with Crippen LogP contribution in [0.5, 0.6) is 0 Å². The first-order valence-electron chi connectivity index (χ1n) is 6.93. The summed E-state index contributed by atoms with van der Waals surface area (Å²) < 4.78 is 30.4. The average Bonchev–Trinajstić information content (AvgIpc) is 2.85. The molecule has 0 amide bonds. The molecule has 0 saturated carbocycles. The Bertz CT molecular complexity index is 535. The van der Waals surface area contributed by atoms with E-state index in [1.165, 1.54) is 6.26 Å². The number of aryl methyl sites for hydroxylation is 1. The summed E-state index contributed by atoms with van der Waals surface area (Å²) in [4.78, 5) is 6.59. The van der Waals surface area contributed by atoms with Crippen molar-refractivity contribution in [2.75, 3.05) is 19.3 Å². The quantitative estimate of drug-likeness (QED) is 0.861. The predicted molar refractivity (Wildman–Crippen MR) is 74.7 cm³/mol. The van der Waals surface area contributed by atoms with E-state index in [4.69, 9.17) is 4.52 Å². The molecule has 1 aromatic rings. The van der Waals surface area contributed by atoms with Gasteiger partial charge >= 0.3 is 0 Å². The molecule has 1 N–H and O–H groups in total. The SMILES string of the molecule is CCc1noc([C@@H](C)N2CCC(NS(C)(=O)=O)CC2)n1. The van der Waals surface area contributed by atoms with Gasteiger partial charge in [0.15, 0.2) is 5.82 Å². The number of piperidine rings is 1. The van der Waals surface area contributed by atoms with Gasteiger partial charge in [0.2, 0.25) is 15.9 Å². The van der Waals surface area contributed by atoms with E-state index in [1.54, 1.807) is 0 Å². The number of nitrogens with one attached hydrogen (secondary N) is 1. The summed E-state index contributed by atoms with van der Waals surface area (Å²) in [7, 11) is -3.12. The van der Waals surface area contributed by atoms with E-state index in [2.05, 4.69) is 19.8 Å². The van der Waals surface area contributed by atoms with Gasteiger partial charge < -0.3 is 4.52 Å². The molecule has 0 radical (unpaired) electrons. The molecule has 1 aliphatic rings. The molecule has 0 spiro atoms. The van der Waals surface area contributed by atoms with Gasteiger partial charge in [-0.1, -0.05) is 12.1 Å². The highest BCUT2D eigenvalue weighted by Crippen LogP contribution is 2.23. The fraction of sp³-hybridized carbons (Fsp3) is 0.833. The summed E-state index contributed by atoms with van der Waals surface area (Å²) in [6.07, 6.45) is 3.56. The van der Waals surface area contributed by atoms with Gasteiger partial charge in [0, 0.05) is 25.6 Å². The number of hydrogen-bond acceptors (Lipinski definition) is 6. The maximum Gasteiger partial charge on any atom is 0.243 e. The maximum absolute atomic E-state index is 11.2. The summed E-state index contributed by atoms with van der Waals surface area (Å²) in [5.41, 5.74) is 0. The Morgan fingerprint density at radius 1 is 1.45 bits per heavy atom. The van der Waals surface area contributed by atoms with Crippen molar-refractivity contribution in [2.24, 2.45) is 0 Å².